The van der Waals surface area contributed by atoms with Crippen molar-refractivity contribution in [2.75, 3.05) is 0 Å². The van der Waals surface area contributed by atoms with Crippen LogP contribution in [-0.4, -0.2) is 0 Å². The topological polar surface area (TPSA) is 23.8 Å². The molecular formula is C19H27N. The van der Waals surface area contributed by atoms with Crippen molar-refractivity contribution in [3.05, 3.63) is 35.4 Å². The van der Waals surface area contributed by atoms with Crippen LogP contribution in [0.2, 0.25) is 0 Å². The summed E-state index contributed by atoms with van der Waals surface area (Å²) in [5, 5.41) is 8.71. The maximum atomic E-state index is 8.71. The second-order valence-corrected chi connectivity index (χ2v) is 6.29. The van der Waals surface area contributed by atoms with Gasteiger partial charge >= 0.3 is 0 Å². The van der Waals surface area contributed by atoms with Crippen molar-refractivity contribution in [3.63, 3.8) is 0 Å². The molecule has 2 rings (SSSR count). The highest BCUT2D eigenvalue weighted by molar-refractivity contribution is 5.27. The predicted molar refractivity (Wildman–Crippen MR) is 84.6 cm³/mol. The van der Waals surface area contributed by atoms with Crippen molar-refractivity contribution in [3.8, 4) is 6.07 Å². The van der Waals surface area contributed by atoms with Crippen LogP contribution in [-0.2, 0) is 6.42 Å². The third-order valence-corrected chi connectivity index (χ3v) is 4.80. The summed E-state index contributed by atoms with van der Waals surface area (Å²) in [7, 11) is 0. The summed E-state index contributed by atoms with van der Waals surface area (Å²) in [6.07, 6.45) is 11.7. The Kier molecular flexibility index (Phi) is 6.12. The molecule has 1 aliphatic rings. The molecular weight excluding hydrogens is 242 g/mol. The molecule has 1 aromatic rings. The van der Waals surface area contributed by atoms with E-state index in [1.54, 1.807) is 0 Å². The van der Waals surface area contributed by atoms with Gasteiger partial charge in [0.2, 0.25) is 0 Å². The van der Waals surface area contributed by atoms with Crippen LogP contribution in [0.3, 0.4) is 0 Å². The Morgan fingerprint density at radius 3 is 2.35 bits per heavy atom. The van der Waals surface area contributed by atoms with Crippen molar-refractivity contribution in [1.82, 2.24) is 0 Å². The third kappa shape index (κ3) is 4.37. The number of nitriles is 1. The fourth-order valence-corrected chi connectivity index (χ4v) is 3.47. The molecule has 1 fully saturated rings. The van der Waals surface area contributed by atoms with Gasteiger partial charge in [-0.05, 0) is 48.6 Å². The smallest absolute Gasteiger partial charge is 0.0669 e. The largest absolute Gasteiger partial charge is 0.198 e. The highest BCUT2D eigenvalue weighted by atomic mass is 14.3. The molecule has 0 heterocycles. The maximum absolute atomic E-state index is 8.71. The highest BCUT2D eigenvalue weighted by Gasteiger charge is 2.21. The SMILES string of the molecule is CCCCCC1CCC(c2ccc(CC#N)cc2)CC1. The number of hydrogen-bond acceptors (Lipinski definition) is 1. The van der Waals surface area contributed by atoms with E-state index in [0.29, 0.717) is 6.42 Å². The van der Waals surface area contributed by atoms with E-state index < -0.39 is 0 Å². The van der Waals surface area contributed by atoms with Gasteiger partial charge in [-0.25, -0.2) is 0 Å². The quantitative estimate of drug-likeness (QED) is 0.616. The summed E-state index contributed by atoms with van der Waals surface area (Å²) < 4.78 is 0. The van der Waals surface area contributed by atoms with Crippen LogP contribution in [0, 0.1) is 17.2 Å². The fourth-order valence-electron chi connectivity index (χ4n) is 3.47. The predicted octanol–water partition coefficient (Wildman–Crippen LogP) is 5.61. The monoisotopic (exact) mass is 269 g/mol. The Hall–Kier alpha value is -1.29. The third-order valence-electron chi connectivity index (χ3n) is 4.80. The number of unbranched alkanes of at least 4 members (excludes halogenated alkanes) is 2. The molecule has 1 aliphatic carbocycles. The van der Waals surface area contributed by atoms with Gasteiger partial charge in [0.05, 0.1) is 12.5 Å². The first kappa shape index (κ1) is 15.1. The highest BCUT2D eigenvalue weighted by Crippen LogP contribution is 2.37. The average molecular weight is 269 g/mol. The van der Waals surface area contributed by atoms with E-state index in [1.807, 2.05) is 0 Å². The first-order chi connectivity index (χ1) is 9.83. The van der Waals surface area contributed by atoms with Crippen LogP contribution in [0.5, 0.6) is 0 Å². The summed E-state index contributed by atoms with van der Waals surface area (Å²) in [6.45, 7) is 2.28. The minimum Gasteiger partial charge on any atom is -0.198 e. The van der Waals surface area contributed by atoms with Gasteiger partial charge in [-0.15, -0.1) is 0 Å². The molecule has 0 atom stereocenters. The second-order valence-electron chi connectivity index (χ2n) is 6.29. The molecule has 1 aromatic carbocycles. The van der Waals surface area contributed by atoms with Gasteiger partial charge in [-0.3, -0.25) is 0 Å². The second kappa shape index (κ2) is 8.10. The minimum atomic E-state index is 0.532. The summed E-state index contributed by atoms with van der Waals surface area (Å²) in [6, 6.07) is 11.0. The van der Waals surface area contributed by atoms with Crippen molar-refractivity contribution in [2.45, 2.75) is 70.6 Å². The fraction of sp³-hybridized carbons (Fsp3) is 0.632. The average Bonchev–Trinajstić information content (AvgIpc) is 2.49. The van der Waals surface area contributed by atoms with Crippen molar-refractivity contribution in [2.24, 2.45) is 5.92 Å². The zero-order valence-corrected chi connectivity index (χ0v) is 12.8. The normalized spacial score (nSPS) is 22.4. The van der Waals surface area contributed by atoms with Crippen LogP contribution in [0.1, 0.15) is 75.3 Å². The Morgan fingerprint density at radius 2 is 1.75 bits per heavy atom. The number of hydrogen-bond donors (Lipinski definition) is 0. The van der Waals surface area contributed by atoms with E-state index in [-0.39, 0.29) is 0 Å². The molecule has 20 heavy (non-hydrogen) atoms. The van der Waals surface area contributed by atoms with Crippen LogP contribution in [0.15, 0.2) is 24.3 Å². The van der Waals surface area contributed by atoms with Crippen LogP contribution in [0.25, 0.3) is 0 Å². The summed E-state index contributed by atoms with van der Waals surface area (Å²) in [5.74, 6) is 1.74. The number of benzene rings is 1. The number of rotatable bonds is 6. The van der Waals surface area contributed by atoms with E-state index in [9.17, 15) is 0 Å². The molecule has 0 saturated heterocycles. The zero-order chi connectivity index (χ0) is 14.2. The van der Waals surface area contributed by atoms with Crippen LogP contribution >= 0.6 is 0 Å². The Bertz CT molecular complexity index is 418. The minimum absolute atomic E-state index is 0.532. The first-order valence-electron chi connectivity index (χ1n) is 8.29. The lowest BCUT2D eigenvalue weighted by Crippen LogP contribution is -2.13. The number of nitrogens with zero attached hydrogens (tertiary/aromatic N) is 1. The molecule has 108 valence electrons. The molecule has 0 radical (unpaired) electrons. The molecule has 0 N–H and O–H groups in total. The Morgan fingerprint density at radius 1 is 1.05 bits per heavy atom. The maximum Gasteiger partial charge on any atom is 0.0669 e. The molecule has 1 nitrogen and oxygen atoms in total. The van der Waals surface area contributed by atoms with Gasteiger partial charge < -0.3 is 0 Å². The van der Waals surface area contributed by atoms with Gasteiger partial charge in [-0.2, -0.15) is 5.26 Å². The van der Waals surface area contributed by atoms with Crippen molar-refractivity contribution < 1.29 is 0 Å². The summed E-state index contributed by atoms with van der Waals surface area (Å²) in [4.78, 5) is 0. The van der Waals surface area contributed by atoms with E-state index in [1.165, 1.54) is 56.9 Å². The molecule has 0 aliphatic heterocycles. The van der Waals surface area contributed by atoms with E-state index in [2.05, 4.69) is 37.3 Å². The van der Waals surface area contributed by atoms with Crippen LogP contribution in [0.4, 0.5) is 0 Å². The lowest BCUT2D eigenvalue weighted by molar-refractivity contribution is 0.303. The van der Waals surface area contributed by atoms with Crippen molar-refractivity contribution >= 4 is 0 Å². The molecule has 0 aromatic heterocycles. The van der Waals surface area contributed by atoms with Gasteiger partial charge in [-0.1, -0.05) is 56.9 Å². The Labute approximate surface area is 124 Å². The molecule has 0 spiro atoms. The summed E-state index contributed by atoms with van der Waals surface area (Å²) >= 11 is 0. The van der Waals surface area contributed by atoms with Gasteiger partial charge in [0, 0.05) is 0 Å². The van der Waals surface area contributed by atoms with E-state index in [4.69, 9.17) is 5.26 Å². The molecule has 0 bridgehead atoms. The zero-order valence-electron chi connectivity index (χ0n) is 12.8. The van der Waals surface area contributed by atoms with Crippen molar-refractivity contribution in [1.29, 1.82) is 5.26 Å². The van der Waals surface area contributed by atoms with Crippen LogP contribution < -0.4 is 0 Å². The lowest BCUT2D eigenvalue weighted by atomic mass is 9.77. The van der Waals surface area contributed by atoms with Gasteiger partial charge in [0.1, 0.15) is 0 Å². The van der Waals surface area contributed by atoms with E-state index in [0.717, 1.165) is 17.4 Å². The summed E-state index contributed by atoms with van der Waals surface area (Å²) in [5.41, 5.74) is 2.63. The molecule has 0 unspecified atom stereocenters. The Balaban J connectivity index is 1.79. The molecule has 0 amide bonds. The van der Waals surface area contributed by atoms with E-state index >= 15 is 0 Å². The first-order valence-corrected chi connectivity index (χ1v) is 8.29. The lowest BCUT2D eigenvalue weighted by Gasteiger charge is -2.29. The van der Waals surface area contributed by atoms with Gasteiger partial charge in [0.25, 0.3) is 0 Å². The van der Waals surface area contributed by atoms with Gasteiger partial charge in [0.15, 0.2) is 0 Å². The molecule has 1 saturated carbocycles. The molecule has 1 heteroatoms. The standard InChI is InChI=1S/C19H27N/c1-2-3-4-5-16-6-10-18(11-7-16)19-12-8-17(9-13-19)14-15-20/h8-9,12-13,16,18H,2-7,10-11,14H2,1H3.